The van der Waals surface area contributed by atoms with Crippen LogP contribution in [-0.2, 0) is 0 Å². The van der Waals surface area contributed by atoms with Crippen molar-refractivity contribution in [1.82, 2.24) is 29.7 Å². The number of nitrogen functional groups attached to an aromatic ring is 1. The van der Waals surface area contributed by atoms with Crippen molar-refractivity contribution >= 4 is 5.69 Å². The fraction of sp³-hybridized carbons (Fsp3) is 0. The van der Waals surface area contributed by atoms with Crippen LogP contribution in [0.3, 0.4) is 0 Å². The van der Waals surface area contributed by atoms with Gasteiger partial charge in [0.15, 0.2) is 0 Å². The molecule has 88 valence electrons. The van der Waals surface area contributed by atoms with Crippen molar-refractivity contribution in [3.8, 4) is 17.3 Å². The highest BCUT2D eigenvalue weighted by atomic mass is 15.3. The van der Waals surface area contributed by atoms with Gasteiger partial charge >= 0.3 is 0 Å². The smallest absolute Gasteiger partial charge is 0.250 e. The second-order valence-electron chi connectivity index (χ2n) is 3.52. The summed E-state index contributed by atoms with van der Waals surface area (Å²) in [6, 6.07) is 1.74. The van der Waals surface area contributed by atoms with Crippen molar-refractivity contribution in [2.45, 2.75) is 0 Å². The molecule has 2 N–H and O–H groups in total. The van der Waals surface area contributed by atoms with Crippen LogP contribution in [0.15, 0.2) is 43.2 Å². The van der Waals surface area contributed by atoms with Gasteiger partial charge in [-0.3, -0.25) is 9.97 Å². The van der Waals surface area contributed by atoms with Crippen LogP contribution < -0.4 is 5.73 Å². The lowest BCUT2D eigenvalue weighted by Crippen LogP contribution is -2.00. The molecule has 0 fully saturated rings. The molecule has 0 aliphatic rings. The topological polar surface area (TPSA) is 95.4 Å². The lowest BCUT2D eigenvalue weighted by molar-refractivity contribution is 0.809. The SMILES string of the molecule is Nc1cn(-c2ncccn2)nc1-c1cnccn1. The van der Waals surface area contributed by atoms with Crippen molar-refractivity contribution in [3.05, 3.63) is 43.2 Å². The summed E-state index contributed by atoms with van der Waals surface area (Å²) >= 11 is 0. The first kappa shape index (κ1) is 10.3. The Kier molecular flexibility index (Phi) is 2.41. The van der Waals surface area contributed by atoms with E-state index in [4.69, 9.17) is 5.73 Å². The van der Waals surface area contributed by atoms with E-state index in [1.54, 1.807) is 43.2 Å². The van der Waals surface area contributed by atoms with Gasteiger partial charge in [-0.2, -0.15) is 5.10 Å². The maximum atomic E-state index is 5.90. The highest BCUT2D eigenvalue weighted by Gasteiger charge is 2.11. The molecule has 0 atom stereocenters. The third-order valence-corrected chi connectivity index (χ3v) is 2.31. The van der Waals surface area contributed by atoms with Crippen LogP contribution >= 0.6 is 0 Å². The van der Waals surface area contributed by atoms with Crippen LogP contribution in [0.25, 0.3) is 17.3 Å². The largest absolute Gasteiger partial charge is 0.396 e. The van der Waals surface area contributed by atoms with E-state index in [-0.39, 0.29) is 0 Å². The summed E-state index contributed by atoms with van der Waals surface area (Å²) < 4.78 is 1.51. The maximum absolute atomic E-state index is 5.90. The molecule has 0 aliphatic heterocycles. The summed E-state index contributed by atoms with van der Waals surface area (Å²) in [4.78, 5) is 16.3. The quantitative estimate of drug-likeness (QED) is 0.707. The Morgan fingerprint density at radius 2 is 1.83 bits per heavy atom. The molecule has 0 amide bonds. The van der Waals surface area contributed by atoms with Gasteiger partial charge < -0.3 is 5.73 Å². The molecular weight excluding hydrogens is 230 g/mol. The Balaban J connectivity index is 2.07. The summed E-state index contributed by atoms with van der Waals surface area (Å²) in [5, 5.41) is 4.31. The molecule has 0 bridgehead atoms. The van der Waals surface area contributed by atoms with Crippen LogP contribution in [0.4, 0.5) is 5.69 Å². The fourth-order valence-corrected chi connectivity index (χ4v) is 1.52. The molecule has 0 saturated heterocycles. The Bertz CT molecular complexity index is 648. The van der Waals surface area contributed by atoms with Gasteiger partial charge in [-0.15, -0.1) is 0 Å². The molecule has 0 radical (unpaired) electrons. The first-order valence-electron chi connectivity index (χ1n) is 5.23. The molecule has 3 aromatic rings. The van der Waals surface area contributed by atoms with E-state index in [9.17, 15) is 0 Å². The minimum Gasteiger partial charge on any atom is -0.396 e. The molecule has 0 aromatic carbocycles. The molecule has 18 heavy (non-hydrogen) atoms. The zero-order valence-corrected chi connectivity index (χ0v) is 9.30. The molecule has 0 spiro atoms. The number of nitrogens with zero attached hydrogens (tertiary/aromatic N) is 6. The van der Waals surface area contributed by atoms with Crippen LogP contribution in [0, 0.1) is 0 Å². The number of aromatic nitrogens is 6. The van der Waals surface area contributed by atoms with E-state index in [1.165, 1.54) is 4.68 Å². The number of hydrogen-bond donors (Lipinski definition) is 1. The van der Waals surface area contributed by atoms with Gasteiger partial charge in [0.2, 0.25) is 0 Å². The van der Waals surface area contributed by atoms with Crippen molar-refractivity contribution in [1.29, 1.82) is 0 Å². The second-order valence-corrected chi connectivity index (χ2v) is 3.52. The molecule has 3 aromatic heterocycles. The predicted molar refractivity (Wildman–Crippen MR) is 64.6 cm³/mol. The summed E-state index contributed by atoms with van der Waals surface area (Å²) in [5.74, 6) is 0.458. The minimum absolute atomic E-state index is 0.458. The zero-order valence-electron chi connectivity index (χ0n) is 9.30. The average Bonchev–Trinajstić information content (AvgIpc) is 2.83. The average molecular weight is 239 g/mol. The number of hydrogen-bond acceptors (Lipinski definition) is 6. The molecule has 0 aliphatic carbocycles. The number of anilines is 1. The van der Waals surface area contributed by atoms with Crippen molar-refractivity contribution in [3.63, 3.8) is 0 Å². The molecule has 0 unspecified atom stereocenters. The first-order chi connectivity index (χ1) is 8.84. The highest BCUT2D eigenvalue weighted by Crippen LogP contribution is 2.21. The zero-order chi connectivity index (χ0) is 12.4. The van der Waals surface area contributed by atoms with E-state index < -0.39 is 0 Å². The maximum Gasteiger partial charge on any atom is 0.250 e. The van der Waals surface area contributed by atoms with Crippen molar-refractivity contribution in [2.24, 2.45) is 0 Å². The van der Waals surface area contributed by atoms with E-state index in [0.29, 0.717) is 23.0 Å². The molecule has 3 heterocycles. The lowest BCUT2D eigenvalue weighted by Gasteiger charge is -1.97. The summed E-state index contributed by atoms with van der Waals surface area (Å²) in [5.41, 5.74) is 7.59. The van der Waals surface area contributed by atoms with Crippen LogP contribution in [0.1, 0.15) is 0 Å². The monoisotopic (exact) mass is 239 g/mol. The van der Waals surface area contributed by atoms with E-state index in [2.05, 4.69) is 25.0 Å². The van der Waals surface area contributed by atoms with Crippen LogP contribution in [0.2, 0.25) is 0 Å². The molecule has 0 saturated carbocycles. The number of nitrogens with two attached hydrogens (primary N) is 1. The predicted octanol–water partition coefficient (Wildman–Crippen LogP) is 0.702. The second kappa shape index (κ2) is 4.21. The molecule has 7 heteroatoms. The number of rotatable bonds is 2. The van der Waals surface area contributed by atoms with Gasteiger partial charge in [-0.1, -0.05) is 0 Å². The third kappa shape index (κ3) is 1.77. The van der Waals surface area contributed by atoms with E-state index in [1.807, 2.05) is 0 Å². The summed E-state index contributed by atoms with van der Waals surface area (Å²) in [7, 11) is 0. The first-order valence-corrected chi connectivity index (χ1v) is 5.23. The Morgan fingerprint density at radius 1 is 1.00 bits per heavy atom. The van der Waals surface area contributed by atoms with Gasteiger partial charge in [0.1, 0.15) is 11.4 Å². The molecule has 7 nitrogen and oxygen atoms in total. The van der Waals surface area contributed by atoms with E-state index >= 15 is 0 Å². The Morgan fingerprint density at radius 3 is 2.56 bits per heavy atom. The molecule has 3 rings (SSSR count). The Labute approximate surface area is 102 Å². The van der Waals surface area contributed by atoms with Crippen LogP contribution in [-0.4, -0.2) is 29.7 Å². The minimum atomic E-state index is 0.458. The van der Waals surface area contributed by atoms with E-state index in [0.717, 1.165) is 0 Å². The third-order valence-electron chi connectivity index (χ3n) is 2.31. The van der Waals surface area contributed by atoms with Crippen LogP contribution in [0.5, 0.6) is 0 Å². The lowest BCUT2D eigenvalue weighted by atomic mass is 10.3. The summed E-state index contributed by atoms with van der Waals surface area (Å²) in [6.45, 7) is 0. The Hall–Kier alpha value is -2.83. The standard InChI is InChI=1S/C11H9N7/c12-8-7-18(11-15-2-1-3-16-11)17-10(8)9-6-13-4-5-14-9/h1-7H,12H2. The molecular formula is C11H9N7. The summed E-state index contributed by atoms with van der Waals surface area (Å²) in [6.07, 6.45) is 9.72. The normalized spacial score (nSPS) is 10.4. The van der Waals surface area contributed by atoms with Crippen molar-refractivity contribution < 1.29 is 0 Å². The van der Waals surface area contributed by atoms with Gasteiger partial charge in [-0.25, -0.2) is 14.6 Å². The van der Waals surface area contributed by atoms with Gasteiger partial charge in [0.05, 0.1) is 18.1 Å². The van der Waals surface area contributed by atoms with Gasteiger partial charge in [0, 0.05) is 24.8 Å². The van der Waals surface area contributed by atoms with Gasteiger partial charge in [0.25, 0.3) is 5.95 Å². The fourth-order valence-electron chi connectivity index (χ4n) is 1.52. The highest BCUT2D eigenvalue weighted by molar-refractivity contribution is 5.68. The van der Waals surface area contributed by atoms with Gasteiger partial charge in [-0.05, 0) is 6.07 Å². The van der Waals surface area contributed by atoms with Crippen molar-refractivity contribution in [2.75, 3.05) is 5.73 Å².